The molecule has 0 atom stereocenters. The summed E-state index contributed by atoms with van der Waals surface area (Å²) < 4.78 is 47.7. The summed E-state index contributed by atoms with van der Waals surface area (Å²) in [4.78, 5) is 4.14. The Labute approximate surface area is 185 Å². The fourth-order valence-electron chi connectivity index (χ4n) is 2.47. The molecule has 0 saturated carbocycles. The third kappa shape index (κ3) is 8.80. The maximum atomic E-state index is 12.4. The Morgan fingerprint density at radius 1 is 0.897 bits per heavy atom. The molecule has 0 radical (unpaired) electrons. The number of halogens is 4. The monoisotopic (exact) mass is 523 g/mol. The van der Waals surface area contributed by atoms with E-state index in [9.17, 15) is 13.2 Å². The highest BCUT2D eigenvalue weighted by molar-refractivity contribution is 14.0. The van der Waals surface area contributed by atoms with Crippen LogP contribution >= 0.6 is 24.0 Å². The fraction of sp³-hybridized carbons (Fsp3) is 0.350. The van der Waals surface area contributed by atoms with Gasteiger partial charge in [-0.25, -0.2) is 0 Å². The summed E-state index contributed by atoms with van der Waals surface area (Å²) in [5.41, 5.74) is 1.57. The first-order valence-corrected chi connectivity index (χ1v) is 8.85. The van der Waals surface area contributed by atoms with Crippen LogP contribution < -0.4 is 20.1 Å². The van der Waals surface area contributed by atoms with Crippen LogP contribution in [-0.4, -0.2) is 32.4 Å². The zero-order valence-electron chi connectivity index (χ0n) is 16.3. The first-order chi connectivity index (χ1) is 13.4. The molecule has 0 unspecified atom stereocenters. The molecule has 0 amide bonds. The van der Waals surface area contributed by atoms with E-state index in [0.717, 1.165) is 11.3 Å². The van der Waals surface area contributed by atoms with Gasteiger partial charge in [-0.05, 0) is 19.1 Å². The van der Waals surface area contributed by atoms with Crippen molar-refractivity contribution in [1.82, 2.24) is 10.6 Å². The van der Waals surface area contributed by atoms with E-state index < -0.39 is 12.8 Å². The maximum Gasteiger partial charge on any atom is 0.422 e. The van der Waals surface area contributed by atoms with Crippen LogP contribution in [0.4, 0.5) is 13.2 Å². The van der Waals surface area contributed by atoms with Gasteiger partial charge >= 0.3 is 6.18 Å². The van der Waals surface area contributed by atoms with Crippen LogP contribution in [0.2, 0.25) is 0 Å². The zero-order valence-corrected chi connectivity index (χ0v) is 18.6. The summed E-state index contributed by atoms with van der Waals surface area (Å²) in [6.07, 6.45) is -4.38. The van der Waals surface area contributed by atoms with Crippen LogP contribution in [0, 0.1) is 0 Å². The average molecular weight is 523 g/mol. The Kier molecular flexibility index (Phi) is 10.6. The van der Waals surface area contributed by atoms with E-state index in [1.807, 2.05) is 31.2 Å². The minimum atomic E-state index is -4.38. The summed E-state index contributed by atoms with van der Waals surface area (Å²) >= 11 is 0. The van der Waals surface area contributed by atoms with Gasteiger partial charge in [0.2, 0.25) is 0 Å². The lowest BCUT2D eigenvalue weighted by Crippen LogP contribution is -2.36. The van der Waals surface area contributed by atoms with E-state index in [-0.39, 0.29) is 36.3 Å². The molecule has 0 fully saturated rings. The van der Waals surface area contributed by atoms with Crippen molar-refractivity contribution in [1.29, 1.82) is 0 Å². The van der Waals surface area contributed by atoms with Gasteiger partial charge in [0.05, 0.1) is 6.61 Å². The Balaban J connectivity index is 0.00000420. The van der Waals surface area contributed by atoms with Crippen molar-refractivity contribution in [2.75, 3.05) is 20.3 Å². The average Bonchev–Trinajstić information content (AvgIpc) is 2.68. The quantitative estimate of drug-likeness (QED) is 0.304. The summed E-state index contributed by atoms with van der Waals surface area (Å²) in [5, 5.41) is 6.25. The molecule has 0 aliphatic heterocycles. The molecule has 29 heavy (non-hydrogen) atoms. The van der Waals surface area contributed by atoms with Crippen molar-refractivity contribution < 1.29 is 22.6 Å². The number of aliphatic imine (C=N–C) groups is 1. The van der Waals surface area contributed by atoms with E-state index in [2.05, 4.69) is 15.6 Å². The van der Waals surface area contributed by atoms with Crippen molar-refractivity contribution >= 4 is 29.9 Å². The van der Waals surface area contributed by atoms with Crippen molar-refractivity contribution in [3.05, 3.63) is 59.7 Å². The highest BCUT2D eigenvalue weighted by Gasteiger charge is 2.28. The van der Waals surface area contributed by atoms with E-state index in [1.54, 1.807) is 25.2 Å². The van der Waals surface area contributed by atoms with Crippen LogP contribution in [0.15, 0.2) is 53.5 Å². The lowest BCUT2D eigenvalue weighted by molar-refractivity contribution is -0.153. The first kappa shape index (κ1) is 24.9. The molecule has 0 spiro atoms. The summed E-state index contributed by atoms with van der Waals surface area (Å²) in [6.45, 7) is 1.91. The largest absolute Gasteiger partial charge is 0.494 e. The standard InChI is InChI=1S/C20H24F3N3O2.HI/c1-3-27-17-10-6-4-8-15(17)12-25-19(24-2)26-13-16-9-5-7-11-18(16)28-14-20(21,22)23;/h4-11H,3,12-14H2,1-2H3,(H2,24,25,26);1H. The van der Waals surface area contributed by atoms with Gasteiger partial charge in [-0.3, -0.25) is 4.99 Å². The van der Waals surface area contributed by atoms with Gasteiger partial charge < -0.3 is 20.1 Å². The number of alkyl halides is 3. The number of hydrogen-bond acceptors (Lipinski definition) is 3. The van der Waals surface area contributed by atoms with Gasteiger partial charge in [0.25, 0.3) is 0 Å². The Hall–Kier alpha value is -2.17. The molecule has 0 aliphatic carbocycles. The van der Waals surface area contributed by atoms with Crippen molar-refractivity contribution in [3.63, 3.8) is 0 Å². The maximum absolute atomic E-state index is 12.4. The number of para-hydroxylation sites is 2. The molecule has 160 valence electrons. The van der Waals surface area contributed by atoms with Gasteiger partial charge in [0.15, 0.2) is 12.6 Å². The number of benzene rings is 2. The number of nitrogens with zero attached hydrogens (tertiary/aromatic N) is 1. The molecule has 0 saturated heterocycles. The normalized spacial score (nSPS) is 11.4. The molecule has 0 heterocycles. The number of hydrogen-bond donors (Lipinski definition) is 2. The SMILES string of the molecule is CCOc1ccccc1CNC(=NC)NCc1ccccc1OCC(F)(F)F.I. The van der Waals surface area contributed by atoms with Crippen molar-refractivity contribution in [2.45, 2.75) is 26.2 Å². The van der Waals surface area contributed by atoms with Crippen LogP contribution in [0.3, 0.4) is 0 Å². The molecule has 0 aliphatic rings. The van der Waals surface area contributed by atoms with Crippen LogP contribution in [0.25, 0.3) is 0 Å². The number of ether oxygens (including phenoxy) is 2. The topological polar surface area (TPSA) is 54.9 Å². The van der Waals surface area contributed by atoms with Crippen LogP contribution in [0.1, 0.15) is 18.1 Å². The summed E-state index contributed by atoms with van der Waals surface area (Å²) in [5.74, 6) is 1.49. The molecular formula is C20H25F3IN3O2. The van der Waals surface area contributed by atoms with Crippen molar-refractivity contribution in [3.8, 4) is 11.5 Å². The third-order valence-corrected chi connectivity index (χ3v) is 3.75. The molecule has 9 heteroatoms. The minimum absolute atomic E-state index is 0. The molecule has 2 aromatic rings. The van der Waals surface area contributed by atoms with E-state index in [4.69, 9.17) is 9.47 Å². The third-order valence-electron chi connectivity index (χ3n) is 3.75. The van der Waals surface area contributed by atoms with Gasteiger partial charge in [-0.1, -0.05) is 36.4 Å². The smallest absolute Gasteiger partial charge is 0.422 e. The predicted octanol–water partition coefficient (Wildman–Crippen LogP) is 4.51. The molecule has 2 aromatic carbocycles. The minimum Gasteiger partial charge on any atom is -0.494 e. The highest BCUT2D eigenvalue weighted by atomic mass is 127. The molecule has 5 nitrogen and oxygen atoms in total. The molecule has 0 bridgehead atoms. The Bertz CT molecular complexity index is 786. The number of guanidine groups is 1. The van der Waals surface area contributed by atoms with Gasteiger partial charge in [0.1, 0.15) is 11.5 Å². The highest BCUT2D eigenvalue weighted by Crippen LogP contribution is 2.22. The predicted molar refractivity (Wildman–Crippen MR) is 118 cm³/mol. The summed E-state index contributed by atoms with van der Waals surface area (Å²) in [6, 6.07) is 14.3. The summed E-state index contributed by atoms with van der Waals surface area (Å²) in [7, 11) is 1.62. The van der Waals surface area contributed by atoms with E-state index in [0.29, 0.717) is 24.7 Å². The van der Waals surface area contributed by atoms with Crippen LogP contribution in [-0.2, 0) is 13.1 Å². The molecule has 2 N–H and O–H groups in total. The van der Waals surface area contributed by atoms with E-state index >= 15 is 0 Å². The lowest BCUT2D eigenvalue weighted by Gasteiger charge is -2.16. The number of nitrogens with one attached hydrogen (secondary N) is 2. The Morgan fingerprint density at radius 3 is 1.83 bits per heavy atom. The van der Waals surface area contributed by atoms with Gasteiger partial charge in [0, 0.05) is 31.3 Å². The van der Waals surface area contributed by atoms with Crippen molar-refractivity contribution in [2.24, 2.45) is 4.99 Å². The van der Waals surface area contributed by atoms with E-state index in [1.165, 1.54) is 6.07 Å². The molecule has 2 rings (SSSR count). The second-order valence-electron chi connectivity index (χ2n) is 5.83. The second-order valence-corrected chi connectivity index (χ2v) is 5.83. The zero-order chi connectivity index (χ0) is 20.4. The number of rotatable bonds is 8. The van der Waals surface area contributed by atoms with Crippen LogP contribution in [0.5, 0.6) is 11.5 Å². The fourth-order valence-corrected chi connectivity index (χ4v) is 2.47. The van der Waals surface area contributed by atoms with Gasteiger partial charge in [-0.2, -0.15) is 13.2 Å². The van der Waals surface area contributed by atoms with Gasteiger partial charge in [-0.15, -0.1) is 24.0 Å². The molecule has 0 aromatic heterocycles. The lowest BCUT2D eigenvalue weighted by atomic mass is 10.2. The Morgan fingerprint density at radius 2 is 1.38 bits per heavy atom. The molecular weight excluding hydrogens is 498 g/mol. The first-order valence-electron chi connectivity index (χ1n) is 8.85. The second kappa shape index (κ2) is 12.4.